The summed E-state index contributed by atoms with van der Waals surface area (Å²) in [5.41, 5.74) is 2.21. The summed E-state index contributed by atoms with van der Waals surface area (Å²) >= 11 is 0. The summed E-state index contributed by atoms with van der Waals surface area (Å²) in [6, 6.07) is 6.14. The molecule has 26 heavy (non-hydrogen) atoms. The number of anilines is 2. The van der Waals surface area contributed by atoms with E-state index in [1.54, 1.807) is 0 Å². The lowest BCUT2D eigenvalue weighted by Crippen LogP contribution is -2.19. The first-order valence-electron chi connectivity index (χ1n) is 9.09. The third-order valence-electron chi connectivity index (χ3n) is 4.54. The van der Waals surface area contributed by atoms with Crippen LogP contribution in [0, 0.1) is 5.92 Å². The number of rotatable bonds is 8. The van der Waals surface area contributed by atoms with E-state index in [0.29, 0.717) is 24.3 Å². The number of aromatic carboxylic acids is 1. The minimum atomic E-state index is -1.03. The van der Waals surface area contributed by atoms with Gasteiger partial charge in [0.15, 0.2) is 0 Å². The van der Waals surface area contributed by atoms with Gasteiger partial charge in [-0.1, -0.05) is 13.8 Å². The number of carboxylic acid groups (broad SMARTS) is 1. The van der Waals surface area contributed by atoms with Crippen LogP contribution in [0.5, 0.6) is 5.75 Å². The van der Waals surface area contributed by atoms with Gasteiger partial charge in [-0.25, -0.2) is 14.8 Å². The van der Waals surface area contributed by atoms with Crippen LogP contribution in [0.15, 0.2) is 30.6 Å². The van der Waals surface area contributed by atoms with Crippen molar-refractivity contribution in [3.63, 3.8) is 0 Å². The Morgan fingerprint density at radius 2 is 2.00 bits per heavy atom. The van der Waals surface area contributed by atoms with Crippen LogP contribution in [-0.4, -0.2) is 34.2 Å². The molecule has 0 atom stereocenters. The molecular formula is C20H25N3O3. The Morgan fingerprint density at radius 1 is 1.31 bits per heavy atom. The number of aromatic nitrogens is 2. The van der Waals surface area contributed by atoms with Gasteiger partial charge in [0.05, 0.1) is 12.2 Å². The van der Waals surface area contributed by atoms with Crippen LogP contribution in [0.4, 0.5) is 11.6 Å². The zero-order chi connectivity index (χ0) is 18.7. The lowest BCUT2D eigenvalue weighted by molar-refractivity contribution is 0.0696. The molecule has 2 aromatic rings. The molecule has 0 spiro atoms. The van der Waals surface area contributed by atoms with Gasteiger partial charge in [-0.2, -0.15) is 0 Å². The van der Waals surface area contributed by atoms with Gasteiger partial charge in [0, 0.05) is 24.6 Å². The second-order valence-electron chi connectivity index (χ2n) is 6.95. The van der Waals surface area contributed by atoms with E-state index in [9.17, 15) is 4.79 Å². The summed E-state index contributed by atoms with van der Waals surface area (Å²) < 4.78 is 6.02. The van der Waals surface area contributed by atoms with E-state index in [2.05, 4.69) is 29.9 Å². The third kappa shape index (κ3) is 4.12. The summed E-state index contributed by atoms with van der Waals surface area (Å²) in [7, 11) is 0. The van der Waals surface area contributed by atoms with E-state index in [-0.39, 0.29) is 5.56 Å². The van der Waals surface area contributed by atoms with E-state index in [4.69, 9.17) is 9.84 Å². The maximum absolute atomic E-state index is 11.0. The summed E-state index contributed by atoms with van der Waals surface area (Å²) in [6.07, 6.45) is 5.21. The molecule has 0 aliphatic heterocycles. The quantitative estimate of drug-likeness (QED) is 0.763. The van der Waals surface area contributed by atoms with Gasteiger partial charge < -0.3 is 14.7 Å². The summed E-state index contributed by atoms with van der Waals surface area (Å²) in [4.78, 5) is 21.4. The Hall–Kier alpha value is -2.63. The lowest BCUT2D eigenvalue weighted by Gasteiger charge is -2.23. The van der Waals surface area contributed by atoms with Crippen molar-refractivity contribution >= 4 is 17.6 Å². The normalized spacial score (nSPS) is 13.7. The van der Waals surface area contributed by atoms with Crippen LogP contribution in [0.3, 0.4) is 0 Å². The van der Waals surface area contributed by atoms with Gasteiger partial charge in [0.1, 0.15) is 5.75 Å². The van der Waals surface area contributed by atoms with Gasteiger partial charge in [0.2, 0.25) is 5.95 Å². The second-order valence-corrected chi connectivity index (χ2v) is 6.95. The molecular weight excluding hydrogens is 330 g/mol. The highest BCUT2D eigenvalue weighted by Gasteiger charge is 2.23. The molecule has 1 N–H and O–H groups in total. The van der Waals surface area contributed by atoms with E-state index in [0.717, 1.165) is 23.6 Å². The highest BCUT2D eigenvalue weighted by molar-refractivity contribution is 5.86. The number of ether oxygens (including phenoxy) is 1. The molecule has 1 saturated carbocycles. The Kier molecular flexibility index (Phi) is 5.40. The first kappa shape index (κ1) is 18.2. The number of carbonyl (C=O) groups is 1. The topological polar surface area (TPSA) is 75.5 Å². The average Bonchev–Trinajstić information content (AvgIpc) is 3.46. The van der Waals surface area contributed by atoms with Crippen LogP contribution >= 0.6 is 0 Å². The largest absolute Gasteiger partial charge is 0.493 e. The summed E-state index contributed by atoms with van der Waals surface area (Å²) in [5.74, 6) is 1.44. The monoisotopic (exact) mass is 355 g/mol. The van der Waals surface area contributed by atoms with Crippen molar-refractivity contribution in [3.8, 4) is 5.75 Å². The van der Waals surface area contributed by atoms with Gasteiger partial charge in [-0.3, -0.25) is 0 Å². The summed E-state index contributed by atoms with van der Waals surface area (Å²) in [5, 5.41) is 9.00. The number of hydrogen-bond acceptors (Lipinski definition) is 5. The third-order valence-corrected chi connectivity index (χ3v) is 4.54. The van der Waals surface area contributed by atoms with E-state index in [1.807, 2.05) is 24.0 Å². The number of benzene rings is 1. The predicted octanol–water partition coefficient (Wildman–Crippen LogP) is 4.25. The second kappa shape index (κ2) is 7.72. The number of hydrogen-bond donors (Lipinski definition) is 1. The van der Waals surface area contributed by atoms with E-state index in [1.165, 1.54) is 25.2 Å². The molecule has 1 aromatic heterocycles. The van der Waals surface area contributed by atoms with Gasteiger partial charge in [-0.05, 0) is 55.4 Å². The molecule has 0 bridgehead atoms. The average molecular weight is 355 g/mol. The maximum Gasteiger partial charge on any atom is 0.338 e. The number of carboxylic acids is 1. The Labute approximate surface area is 153 Å². The molecule has 0 unspecified atom stereocenters. The first-order chi connectivity index (χ1) is 12.5. The molecule has 0 radical (unpaired) electrons. The molecule has 6 nitrogen and oxygen atoms in total. The standard InChI is InChI=1S/C20H25N3O3/c1-4-23(20-21-10-15(11-22-20)19(24)25)16-7-8-18(17(9-16)13(2)3)26-12-14-5-6-14/h7-11,13-14H,4-6,12H2,1-3H3,(H,24,25). The van der Waals surface area contributed by atoms with Crippen LogP contribution in [0.2, 0.25) is 0 Å². The molecule has 1 fully saturated rings. The van der Waals surface area contributed by atoms with Crippen molar-refractivity contribution in [1.82, 2.24) is 9.97 Å². The van der Waals surface area contributed by atoms with Crippen molar-refractivity contribution in [2.45, 2.75) is 39.5 Å². The Balaban J connectivity index is 1.87. The molecule has 138 valence electrons. The van der Waals surface area contributed by atoms with Crippen molar-refractivity contribution in [2.75, 3.05) is 18.1 Å². The zero-order valence-corrected chi connectivity index (χ0v) is 15.5. The predicted molar refractivity (Wildman–Crippen MR) is 100 cm³/mol. The fourth-order valence-corrected chi connectivity index (χ4v) is 2.79. The van der Waals surface area contributed by atoms with E-state index < -0.39 is 5.97 Å². The molecule has 1 aliphatic rings. The van der Waals surface area contributed by atoms with Crippen LogP contribution < -0.4 is 9.64 Å². The minimum Gasteiger partial charge on any atom is -0.493 e. The summed E-state index contributed by atoms with van der Waals surface area (Å²) in [6.45, 7) is 7.78. The van der Waals surface area contributed by atoms with Crippen molar-refractivity contribution < 1.29 is 14.6 Å². The van der Waals surface area contributed by atoms with Crippen molar-refractivity contribution in [1.29, 1.82) is 0 Å². The van der Waals surface area contributed by atoms with Crippen molar-refractivity contribution in [2.24, 2.45) is 5.92 Å². The first-order valence-corrected chi connectivity index (χ1v) is 9.09. The Morgan fingerprint density at radius 3 is 2.54 bits per heavy atom. The smallest absolute Gasteiger partial charge is 0.338 e. The maximum atomic E-state index is 11.0. The minimum absolute atomic E-state index is 0.0801. The van der Waals surface area contributed by atoms with Gasteiger partial charge in [-0.15, -0.1) is 0 Å². The highest BCUT2D eigenvalue weighted by Crippen LogP contribution is 2.35. The van der Waals surface area contributed by atoms with Gasteiger partial charge in [0.25, 0.3) is 0 Å². The van der Waals surface area contributed by atoms with E-state index >= 15 is 0 Å². The fraction of sp³-hybridized carbons (Fsp3) is 0.450. The van der Waals surface area contributed by atoms with Crippen LogP contribution in [-0.2, 0) is 0 Å². The number of nitrogens with zero attached hydrogens (tertiary/aromatic N) is 3. The zero-order valence-electron chi connectivity index (χ0n) is 15.5. The SMILES string of the molecule is CCN(c1ccc(OCC2CC2)c(C(C)C)c1)c1ncc(C(=O)O)cn1. The molecule has 1 heterocycles. The van der Waals surface area contributed by atoms with Crippen molar-refractivity contribution in [3.05, 3.63) is 41.7 Å². The molecule has 1 aliphatic carbocycles. The molecule has 1 aromatic carbocycles. The molecule has 0 amide bonds. The van der Waals surface area contributed by atoms with Crippen LogP contribution in [0.25, 0.3) is 0 Å². The molecule has 6 heteroatoms. The highest BCUT2D eigenvalue weighted by atomic mass is 16.5. The van der Waals surface area contributed by atoms with Crippen LogP contribution in [0.1, 0.15) is 55.5 Å². The van der Waals surface area contributed by atoms with Gasteiger partial charge >= 0.3 is 5.97 Å². The molecule has 3 rings (SSSR count). The fourth-order valence-electron chi connectivity index (χ4n) is 2.79. The Bertz CT molecular complexity index is 770. The lowest BCUT2D eigenvalue weighted by atomic mass is 10.0. The molecule has 0 saturated heterocycles.